The molecule has 0 aliphatic heterocycles. The molecule has 6 nitrogen and oxygen atoms in total. The van der Waals surface area contributed by atoms with Crippen LogP contribution in [0.4, 0.5) is 5.69 Å². The molecule has 0 radical (unpaired) electrons. The lowest BCUT2D eigenvalue weighted by Crippen LogP contribution is -2.23. The molecule has 4 aromatic rings. The van der Waals surface area contributed by atoms with Gasteiger partial charge in [-0.3, -0.25) is 9.59 Å². The molecule has 4 rings (SSSR count). The zero-order valence-corrected chi connectivity index (χ0v) is 19.3. The topological polar surface area (TPSA) is 75.5 Å². The molecular formula is C23H17Cl3N4O2. The molecule has 0 bridgehead atoms. The maximum atomic E-state index is 13.4. The van der Waals surface area contributed by atoms with E-state index in [9.17, 15) is 9.59 Å². The number of aryl methyl sites for hydroxylation is 1. The SMILES string of the molecule is CNC(=O)c1cc(Cl)cc(C)c1NC(=O)c1ncc2cccn2c1-c1ccc(Cl)c(Cl)c1. The van der Waals surface area contributed by atoms with Crippen LogP contribution in [0.25, 0.3) is 16.8 Å². The van der Waals surface area contributed by atoms with Gasteiger partial charge in [0.1, 0.15) is 0 Å². The van der Waals surface area contributed by atoms with Crippen LogP contribution < -0.4 is 10.6 Å². The first-order chi connectivity index (χ1) is 15.3. The Labute approximate surface area is 199 Å². The molecule has 2 aromatic carbocycles. The van der Waals surface area contributed by atoms with Crippen molar-refractivity contribution in [2.24, 2.45) is 0 Å². The summed E-state index contributed by atoms with van der Waals surface area (Å²) < 4.78 is 1.84. The number of anilines is 1. The Morgan fingerprint density at radius 3 is 2.50 bits per heavy atom. The smallest absolute Gasteiger partial charge is 0.276 e. The van der Waals surface area contributed by atoms with Crippen molar-refractivity contribution in [1.82, 2.24) is 14.7 Å². The number of rotatable bonds is 4. The van der Waals surface area contributed by atoms with Crippen LogP contribution in [0.5, 0.6) is 0 Å². The third-order valence-corrected chi connectivity index (χ3v) is 5.95. The summed E-state index contributed by atoms with van der Waals surface area (Å²) in [5.41, 5.74) is 3.41. The molecule has 162 valence electrons. The van der Waals surface area contributed by atoms with Crippen molar-refractivity contribution in [3.05, 3.63) is 86.7 Å². The quantitative estimate of drug-likeness (QED) is 0.377. The second kappa shape index (κ2) is 8.82. The Kier molecular flexibility index (Phi) is 6.11. The highest BCUT2D eigenvalue weighted by molar-refractivity contribution is 6.42. The molecular weight excluding hydrogens is 471 g/mol. The van der Waals surface area contributed by atoms with Crippen molar-refractivity contribution in [3.63, 3.8) is 0 Å². The predicted octanol–water partition coefficient (Wildman–Crippen LogP) is 5.88. The van der Waals surface area contributed by atoms with Gasteiger partial charge >= 0.3 is 0 Å². The number of carbonyl (C=O) groups is 2. The van der Waals surface area contributed by atoms with Gasteiger partial charge in [0, 0.05) is 23.8 Å². The number of benzene rings is 2. The highest BCUT2D eigenvalue weighted by Crippen LogP contribution is 2.32. The molecule has 9 heteroatoms. The summed E-state index contributed by atoms with van der Waals surface area (Å²) in [4.78, 5) is 30.2. The third-order valence-electron chi connectivity index (χ3n) is 4.99. The minimum atomic E-state index is -0.489. The van der Waals surface area contributed by atoms with Crippen LogP contribution in [0.2, 0.25) is 15.1 Å². The van der Waals surface area contributed by atoms with Crippen molar-refractivity contribution in [3.8, 4) is 11.3 Å². The van der Waals surface area contributed by atoms with Crippen molar-refractivity contribution in [2.45, 2.75) is 6.92 Å². The van der Waals surface area contributed by atoms with Gasteiger partial charge in [-0.05, 0) is 48.9 Å². The van der Waals surface area contributed by atoms with Gasteiger partial charge in [-0.2, -0.15) is 0 Å². The van der Waals surface area contributed by atoms with Crippen molar-refractivity contribution >= 4 is 57.8 Å². The lowest BCUT2D eigenvalue weighted by atomic mass is 10.1. The van der Waals surface area contributed by atoms with Gasteiger partial charge in [-0.15, -0.1) is 0 Å². The number of nitrogens with one attached hydrogen (secondary N) is 2. The van der Waals surface area contributed by atoms with Crippen LogP contribution in [0.1, 0.15) is 26.4 Å². The van der Waals surface area contributed by atoms with Gasteiger partial charge in [0.25, 0.3) is 11.8 Å². The van der Waals surface area contributed by atoms with Crippen molar-refractivity contribution in [1.29, 1.82) is 0 Å². The Bertz CT molecular complexity index is 1380. The summed E-state index contributed by atoms with van der Waals surface area (Å²) in [6, 6.07) is 12.0. The molecule has 0 saturated heterocycles. The van der Waals surface area contributed by atoms with E-state index in [1.165, 1.54) is 13.1 Å². The van der Waals surface area contributed by atoms with E-state index in [1.54, 1.807) is 37.4 Å². The van der Waals surface area contributed by atoms with E-state index >= 15 is 0 Å². The van der Waals surface area contributed by atoms with Gasteiger partial charge in [-0.25, -0.2) is 4.98 Å². The monoisotopic (exact) mass is 486 g/mol. The molecule has 0 unspecified atom stereocenters. The number of fused-ring (bicyclic) bond motifs is 1. The Morgan fingerprint density at radius 2 is 1.78 bits per heavy atom. The van der Waals surface area contributed by atoms with E-state index in [1.807, 2.05) is 22.7 Å². The fourth-order valence-corrected chi connectivity index (χ4v) is 4.06. The first-order valence-corrected chi connectivity index (χ1v) is 10.7. The minimum Gasteiger partial charge on any atom is -0.355 e. The fourth-order valence-electron chi connectivity index (χ4n) is 3.49. The summed E-state index contributed by atoms with van der Waals surface area (Å²) in [5, 5.41) is 6.55. The summed E-state index contributed by atoms with van der Waals surface area (Å²) in [7, 11) is 1.51. The molecule has 0 saturated carbocycles. The maximum Gasteiger partial charge on any atom is 0.276 e. The van der Waals surface area contributed by atoms with Crippen LogP contribution in [0.15, 0.2) is 54.9 Å². The molecule has 32 heavy (non-hydrogen) atoms. The second-order valence-corrected chi connectivity index (χ2v) is 8.32. The summed E-state index contributed by atoms with van der Waals surface area (Å²) in [6.45, 7) is 1.76. The Hall–Kier alpha value is -3.06. The third kappa shape index (κ3) is 4.05. The van der Waals surface area contributed by atoms with Gasteiger partial charge < -0.3 is 15.0 Å². The largest absolute Gasteiger partial charge is 0.355 e. The zero-order valence-electron chi connectivity index (χ0n) is 17.0. The normalized spacial score (nSPS) is 10.9. The summed E-state index contributed by atoms with van der Waals surface area (Å²) in [5.74, 6) is -0.860. The van der Waals surface area contributed by atoms with Crippen molar-refractivity contribution < 1.29 is 9.59 Å². The van der Waals surface area contributed by atoms with Crippen LogP contribution in [0.3, 0.4) is 0 Å². The Balaban J connectivity index is 1.86. The van der Waals surface area contributed by atoms with Crippen LogP contribution in [-0.4, -0.2) is 28.2 Å². The highest BCUT2D eigenvalue weighted by Gasteiger charge is 2.22. The van der Waals surface area contributed by atoms with Crippen LogP contribution >= 0.6 is 34.8 Å². The summed E-state index contributed by atoms with van der Waals surface area (Å²) >= 11 is 18.5. The number of carbonyl (C=O) groups excluding carboxylic acids is 2. The summed E-state index contributed by atoms with van der Waals surface area (Å²) in [6.07, 6.45) is 3.43. The van der Waals surface area contributed by atoms with E-state index in [0.717, 1.165) is 5.52 Å². The molecule has 0 spiro atoms. The van der Waals surface area contributed by atoms with Gasteiger partial charge in [0.05, 0.1) is 38.7 Å². The first-order valence-electron chi connectivity index (χ1n) is 9.55. The van der Waals surface area contributed by atoms with Gasteiger partial charge in [-0.1, -0.05) is 40.9 Å². The highest BCUT2D eigenvalue weighted by atomic mass is 35.5. The molecule has 2 heterocycles. The van der Waals surface area contributed by atoms with Gasteiger partial charge in [0.15, 0.2) is 5.69 Å². The first kappa shape index (κ1) is 22.1. The maximum absolute atomic E-state index is 13.4. The number of amides is 2. The molecule has 2 amide bonds. The standard InChI is InChI=1S/C23H17Cl3N4O2/c1-12-8-14(24)10-16(22(31)27-2)19(12)29-23(32)20-21(13-5-6-17(25)18(26)9-13)30-7-3-4-15(30)11-28-20/h3-11H,1-2H3,(H,27,31)(H,29,32). The minimum absolute atomic E-state index is 0.157. The lowest BCUT2D eigenvalue weighted by molar-refractivity contribution is 0.0964. The predicted molar refractivity (Wildman–Crippen MR) is 128 cm³/mol. The molecule has 0 atom stereocenters. The Morgan fingerprint density at radius 1 is 1.00 bits per heavy atom. The van der Waals surface area contributed by atoms with Crippen molar-refractivity contribution in [2.75, 3.05) is 12.4 Å². The number of halogens is 3. The molecule has 0 aliphatic carbocycles. The number of hydrogen-bond acceptors (Lipinski definition) is 3. The van der Waals surface area contributed by atoms with E-state index in [2.05, 4.69) is 15.6 Å². The molecule has 2 N–H and O–H groups in total. The van der Waals surface area contributed by atoms with E-state index in [-0.39, 0.29) is 17.2 Å². The zero-order chi connectivity index (χ0) is 23.0. The van der Waals surface area contributed by atoms with Crippen LogP contribution in [-0.2, 0) is 0 Å². The average Bonchev–Trinajstić information content (AvgIpc) is 3.25. The molecule has 0 aliphatic rings. The molecule has 2 aromatic heterocycles. The van der Waals surface area contributed by atoms with E-state index < -0.39 is 5.91 Å². The second-order valence-electron chi connectivity index (χ2n) is 7.07. The molecule has 0 fully saturated rings. The van der Waals surface area contributed by atoms with Gasteiger partial charge in [0.2, 0.25) is 0 Å². The fraction of sp³-hybridized carbons (Fsp3) is 0.0870. The lowest BCUT2D eigenvalue weighted by Gasteiger charge is -2.16. The number of aromatic nitrogens is 2. The number of nitrogens with zero attached hydrogens (tertiary/aromatic N) is 2. The van der Waals surface area contributed by atoms with E-state index in [4.69, 9.17) is 34.8 Å². The van der Waals surface area contributed by atoms with E-state index in [0.29, 0.717) is 37.6 Å². The number of hydrogen-bond donors (Lipinski definition) is 2. The van der Waals surface area contributed by atoms with Crippen LogP contribution in [0, 0.1) is 6.92 Å². The average molecular weight is 488 g/mol.